The summed E-state index contributed by atoms with van der Waals surface area (Å²) in [5.41, 5.74) is 0.490. The second-order valence-electron chi connectivity index (χ2n) is 5.36. The van der Waals surface area contributed by atoms with E-state index in [2.05, 4.69) is 22.2 Å². The van der Waals surface area contributed by atoms with E-state index in [0.717, 1.165) is 12.5 Å². The summed E-state index contributed by atoms with van der Waals surface area (Å²) in [4.78, 5) is 7.93. The third-order valence-corrected chi connectivity index (χ3v) is 3.80. The molecule has 18 heavy (non-hydrogen) atoms. The summed E-state index contributed by atoms with van der Waals surface area (Å²) < 4.78 is 13.9. The van der Waals surface area contributed by atoms with Crippen LogP contribution in [-0.4, -0.2) is 16.5 Å². The lowest BCUT2D eigenvalue weighted by molar-refractivity contribution is 0.293. The molecule has 0 amide bonds. The summed E-state index contributed by atoms with van der Waals surface area (Å²) in [6.45, 7) is 5.02. The number of anilines is 1. The average Bonchev–Trinajstić information content (AvgIpc) is 2.38. The van der Waals surface area contributed by atoms with Crippen molar-refractivity contribution in [2.24, 2.45) is 11.8 Å². The van der Waals surface area contributed by atoms with Gasteiger partial charge in [0.05, 0.1) is 5.69 Å². The summed E-state index contributed by atoms with van der Waals surface area (Å²) in [6.07, 6.45) is 7.14. The Labute approximate surface area is 108 Å². The summed E-state index contributed by atoms with van der Waals surface area (Å²) in [5, 5.41) is 3.15. The van der Waals surface area contributed by atoms with E-state index in [1.165, 1.54) is 32.0 Å². The zero-order chi connectivity index (χ0) is 13.0. The molecule has 1 aliphatic carbocycles. The average molecular weight is 251 g/mol. The van der Waals surface area contributed by atoms with Crippen molar-refractivity contribution < 1.29 is 4.39 Å². The lowest BCUT2D eigenvalue weighted by atomic mass is 9.82. The van der Waals surface area contributed by atoms with Gasteiger partial charge in [0, 0.05) is 6.54 Å². The minimum Gasteiger partial charge on any atom is -0.367 e. The molecule has 100 valence electrons. The van der Waals surface area contributed by atoms with Gasteiger partial charge in [0.15, 0.2) is 11.6 Å². The van der Waals surface area contributed by atoms with Crippen LogP contribution in [0.3, 0.4) is 0 Å². The van der Waals surface area contributed by atoms with Crippen molar-refractivity contribution in [3.8, 4) is 0 Å². The van der Waals surface area contributed by atoms with Gasteiger partial charge in [-0.1, -0.05) is 26.7 Å². The Morgan fingerprint density at radius 3 is 2.94 bits per heavy atom. The molecular formula is C14H22FN3. The van der Waals surface area contributed by atoms with Crippen molar-refractivity contribution in [2.75, 3.05) is 11.9 Å². The molecule has 0 spiro atoms. The van der Waals surface area contributed by atoms with Crippen molar-refractivity contribution in [1.82, 2.24) is 9.97 Å². The molecule has 1 aliphatic rings. The van der Waals surface area contributed by atoms with E-state index in [4.69, 9.17) is 0 Å². The molecule has 1 aromatic heterocycles. The largest absolute Gasteiger partial charge is 0.367 e. The van der Waals surface area contributed by atoms with Gasteiger partial charge in [-0.15, -0.1) is 0 Å². The van der Waals surface area contributed by atoms with Gasteiger partial charge in [-0.25, -0.2) is 14.4 Å². The predicted octanol–water partition coefficient (Wildman–Crippen LogP) is 3.42. The van der Waals surface area contributed by atoms with Gasteiger partial charge in [-0.3, -0.25) is 0 Å². The second kappa shape index (κ2) is 6.12. The van der Waals surface area contributed by atoms with Crippen molar-refractivity contribution in [3.63, 3.8) is 0 Å². The molecule has 0 saturated heterocycles. The van der Waals surface area contributed by atoms with Gasteiger partial charge in [0.1, 0.15) is 6.33 Å². The quantitative estimate of drug-likeness (QED) is 0.891. The Kier molecular flexibility index (Phi) is 4.50. The van der Waals surface area contributed by atoms with E-state index in [1.807, 2.05) is 6.92 Å². The van der Waals surface area contributed by atoms with Crippen molar-refractivity contribution in [1.29, 1.82) is 0 Å². The number of rotatable bonds is 4. The number of halogens is 1. The lowest BCUT2D eigenvalue weighted by Gasteiger charge is -2.27. The second-order valence-corrected chi connectivity index (χ2v) is 5.36. The van der Waals surface area contributed by atoms with Gasteiger partial charge in [-0.05, 0) is 31.1 Å². The number of aromatic nitrogens is 2. The fourth-order valence-electron chi connectivity index (χ4n) is 2.76. The Morgan fingerprint density at radius 1 is 1.39 bits per heavy atom. The summed E-state index contributed by atoms with van der Waals surface area (Å²) in [6, 6.07) is 0. The zero-order valence-corrected chi connectivity index (χ0v) is 11.2. The Bertz CT molecular complexity index is 395. The molecule has 2 rings (SSSR count). The van der Waals surface area contributed by atoms with Crippen molar-refractivity contribution in [2.45, 2.75) is 46.0 Å². The van der Waals surface area contributed by atoms with E-state index in [1.54, 1.807) is 0 Å². The van der Waals surface area contributed by atoms with Crippen LogP contribution in [0.5, 0.6) is 0 Å². The fraction of sp³-hybridized carbons (Fsp3) is 0.714. The standard InChI is InChI=1S/C14H22FN3/c1-3-12-13(15)14(18-9-17-12)16-8-11-6-4-5-10(2)7-11/h9-11H,3-8H2,1-2H3,(H,16,17,18). The molecule has 0 aliphatic heterocycles. The topological polar surface area (TPSA) is 37.8 Å². The smallest absolute Gasteiger partial charge is 0.186 e. The number of hydrogen-bond acceptors (Lipinski definition) is 3. The van der Waals surface area contributed by atoms with Crippen LogP contribution in [0.4, 0.5) is 10.2 Å². The first-order chi connectivity index (χ1) is 8.70. The Morgan fingerprint density at radius 2 is 2.22 bits per heavy atom. The summed E-state index contributed by atoms with van der Waals surface area (Å²) in [7, 11) is 0. The zero-order valence-electron chi connectivity index (χ0n) is 11.2. The van der Waals surface area contributed by atoms with Crippen LogP contribution in [0.1, 0.15) is 45.2 Å². The molecule has 1 heterocycles. The molecule has 1 N–H and O–H groups in total. The fourth-order valence-corrected chi connectivity index (χ4v) is 2.76. The number of hydrogen-bond donors (Lipinski definition) is 1. The minimum atomic E-state index is -0.288. The van der Waals surface area contributed by atoms with Gasteiger partial charge in [0.25, 0.3) is 0 Å². The van der Waals surface area contributed by atoms with Crippen LogP contribution < -0.4 is 5.32 Å². The lowest BCUT2D eigenvalue weighted by Crippen LogP contribution is -2.22. The van der Waals surface area contributed by atoms with E-state index >= 15 is 0 Å². The monoisotopic (exact) mass is 251 g/mol. The molecule has 0 radical (unpaired) electrons. The predicted molar refractivity (Wildman–Crippen MR) is 71.0 cm³/mol. The first-order valence-electron chi connectivity index (χ1n) is 6.94. The molecule has 3 nitrogen and oxygen atoms in total. The first kappa shape index (κ1) is 13.2. The van der Waals surface area contributed by atoms with Crippen molar-refractivity contribution >= 4 is 5.82 Å². The summed E-state index contributed by atoms with van der Waals surface area (Å²) in [5.74, 6) is 1.52. The highest BCUT2D eigenvalue weighted by molar-refractivity contribution is 5.37. The summed E-state index contributed by atoms with van der Waals surface area (Å²) >= 11 is 0. The van der Waals surface area contributed by atoms with Gasteiger partial charge in [-0.2, -0.15) is 0 Å². The van der Waals surface area contributed by atoms with Crippen LogP contribution in [0.15, 0.2) is 6.33 Å². The maximum atomic E-state index is 13.9. The highest BCUT2D eigenvalue weighted by Gasteiger charge is 2.19. The molecule has 1 saturated carbocycles. The third-order valence-electron chi connectivity index (χ3n) is 3.80. The maximum Gasteiger partial charge on any atom is 0.186 e. The highest BCUT2D eigenvalue weighted by Crippen LogP contribution is 2.28. The molecule has 0 aromatic carbocycles. The number of nitrogens with zero attached hydrogens (tertiary/aromatic N) is 2. The van der Waals surface area contributed by atoms with Crippen LogP contribution in [-0.2, 0) is 6.42 Å². The van der Waals surface area contributed by atoms with Gasteiger partial charge in [0.2, 0.25) is 0 Å². The normalized spacial score (nSPS) is 23.9. The maximum absolute atomic E-state index is 13.9. The van der Waals surface area contributed by atoms with Crippen LogP contribution in [0.25, 0.3) is 0 Å². The van der Waals surface area contributed by atoms with E-state index in [9.17, 15) is 4.39 Å². The molecular weight excluding hydrogens is 229 g/mol. The first-order valence-corrected chi connectivity index (χ1v) is 6.94. The van der Waals surface area contributed by atoms with Crippen LogP contribution in [0, 0.1) is 17.7 Å². The molecule has 2 atom stereocenters. The van der Waals surface area contributed by atoms with E-state index < -0.39 is 0 Å². The van der Waals surface area contributed by atoms with Crippen LogP contribution >= 0.6 is 0 Å². The van der Waals surface area contributed by atoms with E-state index in [-0.39, 0.29) is 5.82 Å². The minimum absolute atomic E-state index is 0.288. The highest BCUT2D eigenvalue weighted by atomic mass is 19.1. The molecule has 1 fully saturated rings. The Balaban J connectivity index is 1.93. The third kappa shape index (κ3) is 3.18. The van der Waals surface area contributed by atoms with Crippen LogP contribution in [0.2, 0.25) is 0 Å². The SMILES string of the molecule is CCc1ncnc(NCC2CCCC(C)C2)c1F. The van der Waals surface area contributed by atoms with Gasteiger partial charge < -0.3 is 5.32 Å². The molecule has 4 heteroatoms. The molecule has 0 bridgehead atoms. The number of nitrogens with one attached hydrogen (secondary N) is 1. The molecule has 2 unspecified atom stereocenters. The van der Waals surface area contributed by atoms with E-state index in [0.29, 0.717) is 23.9 Å². The number of aryl methyl sites for hydroxylation is 1. The van der Waals surface area contributed by atoms with Crippen molar-refractivity contribution in [3.05, 3.63) is 17.8 Å². The van der Waals surface area contributed by atoms with Gasteiger partial charge >= 0.3 is 0 Å². The Hall–Kier alpha value is -1.19. The molecule has 1 aromatic rings.